The minimum atomic E-state index is -0.333. The van der Waals surface area contributed by atoms with Gasteiger partial charge in [0.25, 0.3) is 11.1 Å². The summed E-state index contributed by atoms with van der Waals surface area (Å²) in [6.45, 7) is 0.684. The van der Waals surface area contributed by atoms with E-state index in [9.17, 15) is 9.59 Å². The van der Waals surface area contributed by atoms with E-state index >= 15 is 0 Å². The van der Waals surface area contributed by atoms with E-state index in [0.717, 1.165) is 22.9 Å². The Bertz CT molecular complexity index is 1250. The van der Waals surface area contributed by atoms with Crippen LogP contribution in [0.25, 0.3) is 6.08 Å². The standard InChI is InChI=1S/C25H18BrCl2NO4S/c26-20-12-16(6-9-22(20)33-15-17-7-8-18(27)14-21(17)28)13-23-24(30)29(25(31)34-23)10-11-32-19-4-2-1-3-5-19/h1-9,12-14H,10-11,15H2/b23-13-. The second-order valence-electron chi connectivity index (χ2n) is 7.21. The Morgan fingerprint density at radius 1 is 0.971 bits per heavy atom. The monoisotopic (exact) mass is 577 g/mol. The number of amides is 2. The number of thioether (sulfide) groups is 1. The Hall–Kier alpha value is -2.45. The number of halogens is 3. The molecular weight excluding hydrogens is 561 g/mol. The topological polar surface area (TPSA) is 55.8 Å². The van der Waals surface area contributed by atoms with Gasteiger partial charge in [-0.05, 0) is 75.7 Å². The van der Waals surface area contributed by atoms with Crippen LogP contribution in [-0.2, 0) is 11.4 Å². The number of carbonyl (C=O) groups is 2. The van der Waals surface area contributed by atoms with E-state index < -0.39 is 0 Å². The summed E-state index contributed by atoms with van der Waals surface area (Å²) < 4.78 is 12.2. The number of hydrogen-bond donors (Lipinski definition) is 0. The Balaban J connectivity index is 1.37. The summed E-state index contributed by atoms with van der Waals surface area (Å²) in [7, 11) is 0. The van der Waals surface area contributed by atoms with Gasteiger partial charge in [-0.2, -0.15) is 0 Å². The molecular formula is C25H18BrCl2NO4S. The zero-order valence-corrected chi connectivity index (χ0v) is 21.6. The molecule has 0 N–H and O–H groups in total. The number of benzene rings is 3. The number of nitrogens with zero attached hydrogens (tertiary/aromatic N) is 1. The molecule has 0 bridgehead atoms. The van der Waals surface area contributed by atoms with Crippen molar-refractivity contribution in [3.63, 3.8) is 0 Å². The van der Waals surface area contributed by atoms with E-state index in [1.165, 1.54) is 4.90 Å². The lowest BCUT2D eigenvalue weighted by atomic mass is 10.2. The predicted molar refractivity (Wildman–Crippen MR) is 140 cm³/mol. The zero-order valence-electron chi connectivity index (χ0n) is 17.7. The summed E-state index contributed by atoms with van der Waals surface area (Å²) in [6, 6.07) is 19.9. The van der Waals surface area contributed by atoms with E-state index in [4.69, 9.17) is 32.7 Å². The van der Waals surface area contributed by atoms with Gasteiger partial charge in [0, 0.05) is 15.6 Å². The summed E-state index contributed by atoms with van der Waals surface area (Å²) in [5, 5.41) is 0.782. The maximum Gasteiger partial charge on any atom is 0.293 e. The van der Waals surface area contributed by atoms with Crippen molar-refractivity contribution in [2.45, 2.75) is 6.61 Å². The molecule has 5 nitrogen and oxygen atoms in total. The number of carbonyl (C=O) groups excluding carboxylic acids is 2. The fourth-order valence-electron chi connectivity index (χ4n) is 3.13. The molecule has 0 saturated carbocycles. The van der Waals surface area contributed by atoms with Crippen molar-refractivity contribution in [3.05, 3.63) is 97.3 Å². The highest BCUT2D eigenvalue weighted by molar-refractivity contribution is 9.10. The minimum absolute atomic E-state index is 0.181. The fourth-order valence-corrected chi connectivity index (χ4v) is 4.97. The third-order valence-electron chi connectivity index (χ3n) is 4.85. The largest absolute Gasteiger partial charge is 0.492 e. The van der Waals surface area contributed by atoms with Crippen LogP contribution < -0.4 is 9.47 Å². The van der Waals surface area contributed by atoms with Crippen LogP contribution >= 0.6 is 50.9 Å². The molecule has 174 valence electrons. The van der Waals surface area contributed by atoms with E-state index in [0.29, 0.717) is 30.9 Å². The van der Waals surface area contributed by atoms with Crippen molar-refractivity contribution >= 4 is 68.1 Å². The van der Waals surface area contributed by atoms with Gasteiger partial charge >= 0.3 is 0 Å². The van der Waals surface area contributed by atoms with Crippen LogP contribution in [0.1, 0.15) is 11.1 Å². The van der Waals surface area contributed by atoms with Gasteiger partial charge in [-0.15, -0.1) is 0 Å². The normalized spacial score (nSPS) is 14.7. The molecule has 0 spiro atoms. The van der Waals surface area contributed by atoms with Crippen LogP contribution in [0.5, 0.6) is 11.5 Å². The summed E-state index contributed by atoms with van der Waals surface area (Å²) in [4.78, 5) is 26.6. The summed E-state index contributed by atoms with van der Waals surface area (Å²) >= 11 is 16.5. The van der Waals surface area contributed by atoms with Crippen LogP contribution in [0, 0.1) is 0 Å². The highest BCUT2D eigenvalue weighted by atomic mass is 79.9. The molecule has 1 aliphatic heterocycles. The van der Waals surface area contributed by atoms with E-state index in [-0.39, 0.29) is 30.9 Å². The van der Waals surface area contributed by atoms with Gasteiger partial charge in [0.15, 0.2) is 0 Å². The molecule has 3 aromatic carbocycles. The van der Waals surface area contributed by atoms with Crippen LogP contribution in [0.15, 0.2) is 76.1 Å². The second kappa shape index (κ2) is 11.3. The first-order valence-electron chi connectivity index (χ1n) is 10.2. The first kappa shape index (κ1) is 24.7. The third-order valence-corrected chi connectivity index (χ3v) is 6.97. The van der Waals surface area contributed by atoms with Crippen LogP contribution in [0.4, 0.5) is 4.79 Å². The number of imide groups is 1. The van der Waals surface area contributed by atoms with Gasteiger partial charge in [0.1, 0.15) is 24.7 Å². The molecule has 0 unspecified atom stereocenters. The maximum atomic E-state index is 12.7. The highest BCUT2D eigenvalue weighted by Crippen LogP contribution is 2.34. The molecule has 2 amide bonds. The number of para-hydroxylation sites is 1. The van der Waals surface area contributed by atoms with Crippen molar-refractivity contribution in [1.29, 1.82) is 0 Å². The van der Waals surface area contributed by atoms with Crippen molar-refractivity contribution in [3.8, 4) is 11.5 Å². The van der Waals surface area contributed by atoms with E-state index in [1.54, 1.807) is 24.3 Å². The zero-order chi connectivity index (χ0) is 24.1. The summed E-state index contributed by atoms with van der Waals surface area (Å²) in [6.07, 6.45) is 1.69. The third kappa shape index (κ3) is 6.16. The highest BCUT2D eigenvalue weighted by Gasteiger charge is 2.34. The molecule has 0 radical (unpaired) electrons. The molecule has 0 aliphatic carbocycles. The Morgan fingerprint density at radius 3 is 2.50 bits per heavy atom. The number of rotatable bonds is 8. The van der Waals surface area contributed by atoms with Gasteiger partial charge in [-0.1, -0.05) is 53.5 Å². The summed E-state index contributed by atoms with van der Waals surface area (Å²) in [5.74, 6) is 0.977. The molecule has 4 rings (SSSR count). The molecule has 1 saturated heterocycles. The Morgan fingerprint density at radius 2 is 1.76 bits per heavy atom. The summed E-state index contributed by atoms with van der Waals surface area (Å²) in [5.41, 5.74) is 1.57. The van der Waals surface area contributed by atoms with Gasteiger partial charge in [0.05, 0.1) is 15.9 Å². The van der Waals surface area contributed by atoms with Gasteiger partial charge in [0.2, 0.25) is 0 Å². The number of ether oxygens (including phenoxy) is 2. The molecule has 0 atom stereocenters. The molecule has 34 heavy (non-hydrogen) atoms. The van der Waals surface area contributed by atoms with Crippen molar-refractivity contribution < 1.29 is 19.1 Å². The predicted octanol–water partition coefficient (Wildman–Crippen LogP) is 7.45. The van der Waals surface area contributed by atoms with Crippen molar-refractivity contribution in [2.75, 3.05) is 13.2 Å². The Labute approximate surface area is 219 Å². The lowest BCUT2D eigenvalue weighted by Crippen LogP contribution is -2.32. The minimum Gasteiger partial charge on any atom is -0.492 e. The quantitative estimate of drug-likeness (QED) is 0.260. The van der Waals surface area contributed by atoms with Crippen molar-refractivity contribution in [2.24, 2.45) is 0 Å². The van der Waals surface area contributed by atoms with Gasteiger partial charge in [-0.3, -0.25) is 14.5 Å². The molecule has 1 aliphatic rings. The maximum absolute atomic E-state index is 12.7. The lowest BCUT2D eigenvalue weighted by molar-refractivity contribution is -0.123. The molecule has 9 heteroatoms. The van der Waals surface area contributed by atoms with Crippen molar-refractivity contribution in [1.82, 2.24) is 4.90 Å². The smallest absolute Gasteiger partial charge is 0.293 e. The molecule has 0 aromatic heterocycles. The average Bonchev–Trinajstić information content (AvgIpc) is 3.07. The molecule has 3 aromatic rings. The average molecular weight is 579 g/mol. The van der Waals surface area contributed by atoms with Crippen LogP contribution in [-0.4, -0.2) is 29.2 Å². The lowest BCUT2D eigenvalue weighted by Gasteiger charge is -2.13. The first-order chi connectivity index (χ1) is 16.4. The Kier molecular flexibility index (Phi) is 8.21. The molecule has 1 fully saturated rings. The molecule has 1 heterocycles. The number of hydrogen-bond acceptors (Lipinski definition) is 5. The van der Waals surface area contributed by atoms with Crippen LogP contribution in [0.2, 0.25) is 10.0 Å². The van der Waals surface area contributed by atoms with Gasteiger partial charge < -0.3 is 9.47 Å². The SMILES string of the molecule is O=C1S/C(=C\c2ccc(OCc3ccc(Cl)cc3Cl)c(Br)c2)C(=O)N1CCOc1ccccc1. The first-order valence-corrected chi connectivity index (χ1v) is 12.6. The van der Waals surface area contributed by atoms with E-state index in [1.807, 2.05) is 48.5 Å². The van der Waals surface area contributed by atoms with Crippen LogP contribution in [0.3, 0.4) is 0 Å². The van der Waals surface area contributed by atoms with Gasteiger partial charge in [-0.25, -0.2) is 0 Å². The second-order valence-corrected chi connectivity index (χ2v) is 9.90. The fraction of sp³-hybridized carbons (Fsp3) is 0.120. The van der Waals surface area contributed by atoms with E-state index in [2.05, 4.69) is 15.9 Å².